The van der Waals surface area contributed by atoms with E-state index in [-0.39, 0.29) is 11.7 Å². The number of rotatable bonds is 2. The average Bonchev–Trinajstić information content (AvgIpc) is 3.25. The molecule has 0 aliphatic carbocycles. The van der Waals surface area contributed by atoms with Crippen molar-refractivity contribution in [3.63, 3.8) is 0 Å². The molecule has 2 aliphatic heterocycles. The largest absolute Gasteiger partial charge is 0.347 e. The monoisotopic (exact) mass is 328 g/mol. The van der Waals surface area contributed by atoms with Crippen LogP contribution in [0.15, 0.2) is 30.6 Å². The fraction of sp³-hybridized carbons (Fsp3) is 0.471. The summed E-state index contributed by atoms with van der Waals surface area (Å²) in [5, 5.41) is 4.34. The maximum atomic E-state index is 12.6. The molecule has 2 fully saturated rings. The first kappa shape index (κ1) is 15.3. The van der Waals surface area contributed by atoms with Crippen LogP contribution in [0.3, 0.4) is 0 Å². The Kier molecular flexibility index (Phi) is 3.82. The van der Waals surface area contributed by atoms with Gasteiger partial charge >= 0.3 is 0 Å². The van der Waals surface area contributed by atoms with Crippen molar-refractivity contribution in [3.05, 3.63) is 42.0 Å². The maximum Gasteiger partial charge on any atom is 0.293 e. The number of ether oxygens (including phenoxy) is 2. The molecule has 1 amide bonds. The Bertz CT molecular complexity index is 742. The number of nitrogens with zero attached hydrogens (tertiary/aromatic N) is 4. The number of aryl methyl sites for hydroxylation is 1. The van der Waals surface area contributed by atoms with Gasteiger partial charge in [-0.25, -0.2) is 9.67 Å². The smallest absolute Gasteiger partial charge is 0.293 e. The second-order valence-corrected chi connectivity index (χ2v) is 6.25. The van der Waals surface area contributed by atoms with Gasteiger partial charge in [0.25, 0.3) is 5.91 Å². The van der Waals surface area contributed by atoms with Crippen LogP contribution in [-0.2, 0) is 9.47 Å². The van der Waals surface area contributed by atoms with E-state index in [1.54, 1.807) is 15.9 Å². The first-order chi connectivity index (χ1) is 11.7. The van der Waals surface area contributed by atoms with E-state index in [2.05, 4.69) is 10.1 Å². The van der Waals surface area contributed by atoms with Crippen molar-refractivity contribution < 1.29 is 14.3 Å². The molecule has 2 aromatic rings. The number of aromatic nitrogens is 3. The molecule has 126 valence electrons. The van der Waals surface area contributed by atoms with Crippen LogP contribution in [0.1, 0.15) is 29.0 Å². The van der Waals surface area contributed by atoms with E-state index in [4.69, 9.17) is 9.47 Å². The summed E-state index contributed by atoms with van der Waals surface area (Å²) in [5.41, 5.74) is 2.03. The summed E-state index contributed by atoms with van der Waals surface area (Å²) >= 11 is 0. The van der Waals surface area contributed by atoms with Crippen molar-refractivity contribution in [2.75, 3.05) is 26.3 Å². The first-order valence-corrected chi connectivity index (χ1v) is 8.21. The highest BCUT2D eigenvalue weighted by atomic mass is 16.7. The summed E-state index contributed by atoms with van der Waals surface area (Å²) < 4.78 is 13.0. The predicted molar refractivity (Wildman–Crippen MR) is 85.9 cm³/mol. The molecule has 1 spiro atoms. The minimum Gasteiger partial charge on any atom is -0.347 e. The molecule has 3 heterocycles. The van der Waals surface area contributed by atoms with Gasteiger partial charge in [0.05, 0.1) is 18.9 Å². The van der Waals surface area contributed by atoms with Gasteiger partial charge in [-0.15, -0.1) is 5.10 Å². The third-order valence-electron chi connectivity index (χ3n) is 4.58. The highest BCUT2D eigenvalue weighted by Crippen LogP contribution is 2.31. The Labute approximate surface area is 140 Å². The molecule has 2 aliphatic rings. The standard InChI is InChI=1S/C17H20N4O3/c1-13-3-2-4-14(11-13)21-12-18-15(19-21)16(22)20-7-5-17(6-8-20)23-9-10-24-17/h2-4,11-12H,5-10H2,1H3. The third-order valence-corrected chi connectivity index (χ3v) is 4.58. The normalized spacial score (nSPS) is 19.8. The number of piperidine rings is 1. The number of hydrogen-bond acceptors (Lipinski definition) is 5. The number of hydrogen-bond donors (Lipinski definition) is 0. The summed E-state index contributed by atoms with van der Waals surface area (Å²) in [4.78, 5) is 18.6. The van der Waals surface area contributed by atoms with E-state index in [9.17, 15) is 4.79 Å². The maximum absolute atomic E-state index is 12.6. The molecule has 0 saturated carbocycles. The lowest BCUT2D eigenvalue weighted by Gasteiger charge is -2.37. The number of likely N-dealkylation sites (tertiary alicyclic amines) is 1. The lowest BCUT2D eigenvalue weighted by Crippen LogP contribution is -2.47. The Morgan fingerprint density at radius 2 is 1.96 bits per heavy atom. The molecular formula is C17H20N4O3. The molecule has 7 heteroatoms. The van der Waals surface area contributed by atoms with Gasteiger partial charge in [-0.05, 0) is 24.6 Å². The van der Waals surface area contributed by atoms with Crippen LogP contribution in [0, 0.1) is 6.92 Å². The SMILES string of the molecule is Cc1cccc(-n2cnc(C(=O)N3CCC4(CC3)OCCO4)n2)c1. The van der Waals surface area contributed by atoms with Crippen molar-refractivity contribution >= 4 is 5.91 Å². The van der Waals surface area contributed by atoms with Crippen LogP contribution in [0.2, 0.25) is 0 Å². The van der Waals surface area contributed by atoms with Crippen LogP contribution in [0.5, 0.6) is 0 Å². The molecule has 0 unspecified atom stereocenters. The number of benzene rings is 1. The van der Waals surface area contributed by atoms with Crippen molar-refractivity contribution in [2.45, 2.75) is 25.6 Å². The van der Waals surface area contributed by atoms with Gasteiger partial charge in [0.2, 0.25) is 5.82 Å². The molecule has 4 rings (SSSR count). The lowest BCUT2D eigenvalue weighted by molar-refractivity contribution is -0.181. The molecule has 0 radical (unpaired) electrons. The van der Waals surface area contributed by atoms with Crippen molar-refractivity contribution in [1.82, 2.24) is 19.7 Å². The predicted octanol–water partition coefficient (Wildman–Crippen LogP) is 1.55. The molecule has 2 saturated heterocycles. The topological polar surface area (TPSA) is 69.5 Å². The van der Waals surface area contributed by atoms with Crippen LogP contribution in [0.4, 0.5) is 0 Å². The lowest BCUT2D eigenvalue weighted by atomic mass is 10.0. The molecule has 1 aromatic heterocycles. The fourth-order valence-electron chi connectivity index (χ4n) is 3.23. The van der Waals surface area contributed by atoms with E-state index >= 15 is 0 Å². The minimum atomic E-state index is -0.481. The Balaban J connectivity index is 1.46. The molecule has 1 aromatic carbocycles. The van der Waals surface area contributed by atoms with Crippen molar-refractivity contribution in [2.24, 2.45) is 0 Å². The second-order valence-electron chi connectivity index (χ2n) is 6.25. The van der Waals surface area contributed by atoms with Gasteiger partial charge in [-0.2, -0.15) is 0 Å². The number of amides is 1. The third kappa shape index (κ3) is 2.81. The Morgan fingerprint density at radius 3 is 2.67 bits per heavy atom. The molecule has 0 bridgehead atoms. The zero-order chi connectivity index (χ0) is 16.6. The van der Waals surface area contributed by atoms with E-state index in [0.717, 1.165) is 11.3 Å². The molecule has 7 nitrogen and oxygen atoms in total. The fourth-order valence-corrected chi connectivity index (χ4v) is 3.23. The van der Waals surface area contributed by atoms with Gasteiger partial charge in [-0.3, -0.25) is 4.79 Å². The number of carbonyl (C=O) groups excluding carboxylic acids is 1. The zero-order valence-corrected chi connectivity index (χ0v) is 13.6. The molecule has 24 heavy (non-hydrogen) atoms. The van der Waals surface area contributed by atoms with Gasteiger partial charge in [0.15, 0.2) is 5.79 Å². The minimum absolute atomic E-state index is 0.144. The van der Waals surface area contributed by atoms with Crippen LogP contribution in [0.25, 0.3) is 5.69 Å². The summed E-state index contributed by atoms with van der Waals surface area (Å²) in [7, 11) is 0. The molecule has 0 N–H and O–H groups in total. The van der Waals surface area contributed by atoms with Crippen LogP contribution in [-0.4, -0.2) is 57.7 Å². The highest BCUT2D eigenvalue weighted by molar-refractivity contribution is 5.90. The Hall–Kier alpha value is -2.25. The van der Waals surface area contributed by atoms with E-state index in [1.165, 1.54) is 0 Å². The van der Waals surface area contributed by atoms with E-state index in [0.29, 0.717) is 39.1 Å². The first-order valence-electron chi connectivity index (χ1n) is 8.21. The summed E-state index contributed by atoms with van der Waals surface area (Å²) in [6.07, 6.45) is 2.96. The van der Waals surface area contributed by atoms with Gasteiger partial charge < -0.3 is 14.4 Å². The van der Waals surface area contributed by atoms with E-state index in [1.807, 2.05) is 31.2 Å². The van der Waals surface area contributed by atoms with Gasteiger partial charge in [0, 0.05) is 25.9 Å². The van der Waals surface area contributed by atoms with Crippen molar-refractivity contribution in [1.29, 1.82) is 0 Å². The van der Waals surface area contributed by atoms with Crippen LogP contribution < -0.4 is 0 Å². The summed E-state index contributed by atoms with van der Waals surface area (Å²) in [6, 6.07) is 7.92. The van der Waals surface area contributed by atoms with Gasteiger partial charge in [0.1, 0.15) is 6.33 Å². The average molecular weight is 328 g/mol. The molecular weight excluding hydrogens is 308 g/mol. The zero-order valence-electron chi connectivity index (χ0n) is 13.6. The number of carbonyl (C=O) groups is 1. The Morgan fingerprint density at radius 1 is 1.21 bits per heavy atom. The van der Waals surface area contributed by atoms with Crippen LogP contribution >= 0.6 is 0 Å². The quantitative estimate of drug-likeness (QED) is 0.837. The van der Waals surface area contributed by atoms with Crippen molar-refractivity contribution in [3.8, 4) is 5.69 Å². The highest BCUT2D eigenvalue weighted by Gasteiger charge is 2.41. The summed E-state index contributed by atoms with van der Waals surface area (Å²) in [5.74, 6) is -0.402. The van der Waals surface area contributed by atoms with E-state index < -0.39 is 5.79 Å². The van der Waals surface area contributed by atoms with Gasteiger partial charge in [-0.1, -0.05) is 12.1 Å². The molecule has 0 atom stereocenters. The summed E-state index contributed by atoms with van der Waals surface area (Å²) in [6.45, 7) is 4.48. The second kappa shape index (κ2) is 5.99.